The van der Waals surface area contributed by atoms with E-state index >= 15 is 0 Å². The van der Waals surface area contributed by atoms with Crippen molar-refractivity contribution in [2.24, 2.45) is 5.73 Å². The Labute approximate surface area is 128 Å². The molecule has 0 saturated carbocycles. The highest BCUT2D eigenvalue weighted by Crippen LogP contribution is 2.05. The van der Waals surface area contributed by atoms with Gasteiger partial charge in [0.2, 0.25) is 5.91 Å². The van der Waals surface area contributed by atoms with Gasteiger partial charge in [-0.3, -0.25) is 14.2 Å². The number of nitrogens with one attached hydrogen (secondary N) is 1. The first-order valence-electron chi connectivity index (χ1n) is 7.07. The maximum atomic E-state index is 12.1. The van der Waals surface area contributed by atoms with Gasteiger partial charge in [-0.2, -0.15) is 0 Å². The third kappa shape index (κ3) is 3.12. The highest BCUT2D eigenvalue weighted by Gasteiger charge is 2.14. The first kappa shape index (κ1) is 14.2. The van der Waals surface area contributed by atoms with Gasteiger partial charge in [0.05, 0.1) is 30.7 Å². The molecule has 0 aliphatic heterocycles. The van der Waals surface area contributed by atoms with Gasteiger partial charge in [0, 0.05) is 12.4 Å². The standard InChI is InChI=1S/C16H17N5O/c17-14(8-12-4-2-1-3-5-12)16(22)20-10-13-9-19-15-11-18-6-7-21(13)15/h1-7,9,11,14H,8,10,17H2,(H,20,22)/t14-/m0/s1. The largest absolute Gasteiger partial charge is 0.349 e. The first-order chi connectivity index (χ1) is 10.7. The van der Waals surface area contributed by atoms with Crippen LogP contribution in [-0.2, 0) is 17.8 Å². The van der Waals surface area contributed by atoms with E-state index in [0.29, 0.717) is 13.0 Å². The average Bonchev–Trinajstić information content (AvgIpc) is 2.97. The smallest absolute Gasteiger partial charge is 0.237 e. The lowest BCUT2D eigenvalue weighted by Crippen LogP contribution is -2.41. The third-order valence-corrected chi connectivity index (χ3v) is 3.47. The van der Waals surface area contributed by atoms with Crippen LogP contribution in [0.2, 0.25) is 0 Å². The van der Waals surface area contributed by atoms with E-state index in [1.165, 1.54) is 0 Å². The number of carbonyl (C=O) groups is 1. The third-order valence-electron chi connectivity index (χ3n) is 3.47. The molecule has 2 heterocycles. The molecule has 3 rings (SSSR count). The van der Waals surface area contributed by atoms with Crippen LogP contribution in [0, 0.1) is 0 Å². The van der Waals surface area contributed by atoms with Crippen LogP contribution in [0.25, 0.3) is 5.65 Å². The maximum absolute atomic E-state index is 12.1. The van der Waals surface area contributed by atoms with Gasteiger partial charge < -0.3 is 11.1 Å². The van der Waals surface area contributed by atoms with Crippen LogP contribution < -0.4 is 11.1 Å². The van der Waals surface area contributed by atoms with E-state index in [-0.39, 0.29) is 5.91 Å². The number of nitrogens with two attached hydrogens (primary N) is 1. The van der Waals surface area contributed by atoms with Crippen molar-refractivity contribution >= 4 is 11.6 Å². The molecule has 0 aliphatic carbocycles. The highest BCUT2D eigenvalue weighted by atomic mass is 16.2. The van der Waals surface area contributed by atoms with E-state index in [9.17, 15) is 4.79 Å². The minimum absolute atomic E-state index is 0.173. The van der Waals surface area contributed by atoms with E-state index in [1.54, 1.807) is 18.6 Å². The molecule has 1 amide bonds. The summed E-state index contributed by atoms with van der Waals surface area (Å²) in [7, 11) is 0. The zero-order valence-corrected chi connectivity index (χ0v) is 12.0. The first-order valence-corrected chi connectivity index (χ1v) is 7.07. The monoisotopic (exact) mass is 295 g/mol. The van der Waals surface area contributed by atoms with E-state index in [0.717, 1.165) is 16.9 Å². The van der Waals surface area contributed by atoms with Crippen LogP contribution in [0.4, 0.5) is 0 Å². The van der Waals surface area contributed by atoms with Gasteiger partial charge in [-0.25, -0.2) is 4.98 Å². The lowest BCUT2D eigenvalue weighted by molar-refractivity contribution is -0.122. The summed E-state index contributed by atoms with van der Waals surface area (Å²) in [6, 6.07) is 9.17. The van der Waals surface area contributed by atoms with Crippen LogP contribution in [0.1, 0.15) is 11.3 Å². The molecule has 2 aromatic heterocycles. The minimum atomic E-state index is -0.566. The average molecular weight is 295 g/mol. The predicted octanol–water partition coefficient (Wildman–Crippen LogP) is 0.915. The Bertz CT molecular complexity index is 768. The van der Waals surface area contributed by atoms with Crippen molar-refractivity contribution in [1.82, 2.24) is 19.7 Å². The maximum Gasteiger partial charge on any atom is 0.237 e. The summed E-state index contributed by atoms with van der Waals surface area (Å²) in [6.45, 7) is 0.381. The van der Waals surface area contributed by atoms with Crippen LogP contribution >= 0.6 is 0 Å². The van der Waals surface area contributed by atoms with Crippen LogP contribution in [0.5, 0.6) is 0 Å². The highest BCUT2D eigenvalue weighted by molar-refractivity contribution is 5.81. The van der Waals surface area contributed by atoms with Crippen molar-refractivity contribution in [2.45, 2.75) is 19.0 Å². The molecule has 22 heavy (non-hydrogen) atoms. The van der Waals surface area contributed by atoms with E-state index in [1.807, 2.05) is 40.9 Å². The zero-order valence-electron chi connectivity index (χ0n) is 12.0. The predicted molar refractivity (Wildman–Crippen MR) is 83.0 cm³/mol. The Balaban J connectivity index is 1.60. The number of nitrogens with zero attached hydrogens (tertiary/aromatic N) is 3. The molecule has 6 heteroatoms. The number of hydrogen-bond donors (Lipinski definition) is 2. The number of imidazole rings is 1. The molecule has 0 bridgehead atoms. The Kier molecular flexibility index (Phi) is 4.11. The minimum Gasteiger partial charge on any atom is -0.349 e. The number of carbonyl (C=O) groups excluding carboxylic acids is 1. The van der Waals surface area contributed by atoms with Crippen molar-refractivity contribution < 1.29 is 4.79 Å². The fourth-order valence-electron chi connectivity index (χ4n) is 2.29. The van der Waals surface area contributed by atoms with Crippen LogP contribution in [0.15, 0.2) is 55.1 Å². The SMILES string of the molecule is N[C@@H](Cc1ccccc1)C(=O)NCc1cnc2cnccn12. The molecule has 0 unspecified atom stereocenters. The van der Waals surface area contributed by atoms with Gasteiger partial charge >= 0.3 is 0 Å². The normalized spacial score (nSPS) is 12.2. The number of hydrogen-bond acceptors (Lipinski definition) is 4. The lowest BCUT2D eigenvalue weighted by atomic mass is 10.1. The van der Waals surface area contributed by atoms with Gasteiger partial charge in [0.1, 0.15) is 0 Å². The number of rotatable bonds is 5. The summed E-state index contributed by atoms with van der Waals surface area (Å²) in [5.41, 5.74) is 8.64. The van der Waals surface area contributed by atoms with Crippen molar-refractivity contribution in [3.63, 3.8) is 0 Å². The topological polar surface area (TPSA) is 85.3 Å². The van der Waals surface area contributed by atoms with Crippen molar-refractivity contribution in [3.8, 4) is 0 Å². The molecule has 0 radical (unpaired) electrons. The fraction of sp³-hybridized carbons (Fsp3) is 0.188. The van der Waals surface area contributed by atoms with E-state index in [2.05, 4.69) is 15.3 Å². The Hall–Kier alpha value is -2.73. The number of amides is 1. The van der Waals surface area contributed by atoms with Gasteiger partial charge in [-0.05, 0) is 12.0 Å². The van der Waals surface area contributed by atoms with E-state index < -0.39 is 6.04 Å². The molecule has 1 atom stereocenters. The molecular weight excluding hydrogens is 278 g/mol. The number of benzene rings is 1. The van der Waals surface area contributed by atoms with Crippen LogP contribution in [-0.4, -0.2) is 26.3 Å². The molecule has 3 aromatic rings. The second-order valence-corrected chi connectivity index (χ2v) is 5.07. The van der Waals surface area contributed by atoms with Gasteiger partial charge in [0.15, 0.2) is 5.65 Å². The van der Waals surface area contributed by atoms with Crippen molar-refractivity contribution in [3.05, 3.63) is 66.4 Å². The summed E-state index contributed by atoms with van der Waals surface area (Å²) in [5, 5.41) is 2.85. The quantitative estimate of drug-likeness (QED) is 0.733. The molecule has 0 aliphatic rings. The van der Waals surface area contributed by atoms with E-state index in [4.69, 9.17) is 5.73 Å². The molecule has 3 N–H and O–H groups in total. The molecule has 0 fully saturated rings. The molecule has 6 nitrogen and oxygen atoms in total. The summed E-state index contributed by atoms with van der Waals surface area (Å²) < 4.78 is 1.88. The van der Waals surface area contributed by atoms with Crippen molar-refractivity contribution in [1.29, 1.82) is 0 Å². The summed E-state index contributed by atoms with van der Waals surface area (Å²) >= 11 is 0. The fourth-order valence-corrected chi connectivity index (χ4v) is 2.29. The molecule has 1 aromatic carbocycles. The number of aromatic nitrogens is 3. The van der Waals surface area contributed by atoms with Gasteiger partial charge in [-0.15, -0.1) is 0 Å². The number of fused-ring (bicyclic) bond motifs is 1. The van der Waals surface area contributed by atoms with Crippen LogP contribution in [0.3, 0.4) is 0 Å². The second kappa shape index (κ2) is 6.36. The summed E-state index contributed by atoms with van der Waals surface area (Å²) in [5.74, 6) is -0.173. The Morgan fingerprint density at radius 3 is 2.91 bits per heavy atom. The zero-order chi connectivity index (χ0) is 15.4. The second-order valence-electron chi connectivity index (χ2n) is 5.07. The summed E-state index contributed by atoms with van der Waals surface area (Å²) in [6.07, 6.45) is 7.41. The molecular formula is C16H17N5O. The van der Waals surface area contributed by atoms with Gasteiger partial charge in [0.25, 0.3) is 0 Å². The molecule has 0 spiro atoms. The lowest BCUT2D eigenvalue weighted by Gasteiger charge is -2.12. The summed E-state index contributed by atoms with van der Waals surface area (Å²) in [4.78, 5) is 20.3. The molecule has 112 valence electrons. The molecule has 0 saturated heterocycles. The van der Waals surface area contributed by atoms with Gasteiger partial charge in [-0.1, -0.05) is 30.3 Å². The Morgan fingerprint density at radius 2 is 2.09 bits per heavy atom. The Morgan fingerprint density at radius 1 is 1.27 bits per heavy atom. The van der Waals surface area contributed by atoms with Crippen molar-refractivity contribution in [2.75, 3.05) is 0 Å².